The molecular weight excluding hydrogens is 1860 g/mol. The number of fused-ring (bicyclic) bond motifs is 27. The van der Waals surface area contributed by atoms with E-state index in [-0.39, 0.29) is 0 Å². The van der Waals surface area contributed by atoms with Crippen molar-refractivity contribution in [2.45, 2.75) is 39.3 Å². The first kappa shape index (κ1) is 86.0. The molecular formula is C132H92N10OSSi3. The molecule has 11 nitrogen and oxygen atoms in total. The highest BCUT2D eigenvalue weighted by atomic mass is 32.1. The van der Waals surface area contributed by atoms with Crippen LogP contribution in [0.15, 0.2) is 453 Å². The molecule has 0 aliphatic carbocycles. The van der Waals surface area contributed by atoms with Gasteiger partial charge in [-0.3, -0.25) is 0 Å². The lowest BCUT2D eigenvalue weighted by Gasteiger charge is -2.19. The number of thiophene rings is 1. The molecule has 0 saturated heterocycles. The van der Waals surface area contributed by atoms with Gasteiger partial charge in [-0.15, -0.1) is 11.3 Å². The lowest BCUT2D eigenvalue weighted by atomic mass is 10.00. The van der Waals surface area contributed by atoms with Crippen molar-refractivity contribution in [2.75, 3.05) is 0 Å². The second-order valence-electron chi connectivity index (χ2n) is 40.7. The van der Waals surface area contributed by atoms with E-state index in [9.17, 15) is 0 Å². The number of rotatable bonds is 10. The summed E-state index contributed by atoms with van der Waals surface area (Å²) in [5.74, 6) is 2.37. The molecule has 19 aromatic carbocycles. The zero-order valence-electron chi connectivity index (χ0n) is 81.5. The van der Waals surface area contributed by atoms with Gasteiger partial charge in [0.1, 0.15) is 35.4 Å². The van der Waals surface area contributed by atoms with E-state index in [1.807, 2.05) is 41.7 Å². The highest BCUT2D eigenvalue weighted by Crippen LogP contribution is 2.48. The van der Waals surface area contributed by atoms with Crippen LogP contribution in [0, 0.1) is 0 Å². The lowest BCUT2D eigenvalue weighted by Crippen LogP contribution is -2.50. The Hall–Kier alpha value is -17.7. The zero-order valence-corrected chi connectivity index (χ0v) is 85.3. The molecule has 0 bridgehead atoms. The fourth-order valence-electron chi connectivity index (χ4n) is 24.2. The molecule has 0 fully saturated rings. The first-order valence-corrected chi connectivity index (χ1v) is 60.3. The van der Waals surface area contributed by atoms with Crippen molar-refractivity contribution < 1.29 is 4.42 Å². The van der Waals surface area contributed by atoms with Gasteiger partial charge in [0, 0.05) is 169 Å². The van der Waals surface area contributed by atoms with Gasteiger partial charge in [-0.05, 0) is 148 Å². The number of nitrogens with zero attached hydrogens (tertiary/aromatic N) is 10. The fraction of sp³-hybridized carbons (Fsp3) is 0.0455. The maximum atomic E-state index is 6.34. The van der Waals surface area contributed by atoms with Crippen LogP contribution in [0.1, 0.15) is 0 Å². The first-order valence-electron chi connectivity index (χ1n) is 50.5. The van der Waals surface area contributed by atoms with Crippen LogP contribution in [0.2, 0.25) is 39.3 Å². The van der Waals surface area contributed by atoms with E-state index in [4.69, 9.17) is 34.3 Å². The molecule has 0 spiro atoms. The highest BCUT2D eigenvalue weighted by Gasteiger charge is 2.45. The molecule has 0 radical (unpaired) electrons. The van der Waals surface area contributed by atoms with Crippen molar-refractivity contribution in [3.05, 3.63) is 449 Å². The third kappa shape index (κ3) is 13.4. The van der Waals surface area contributed by atoms with Crippen LogP contribution in [0.4, 0.5) is 0 Å². The van der Waals surface area contributed by atoms with E-state index < -0.39 is 24.2 Å². The summed E-state index contributed by atoms with van der Waals surface area (Å²) in [5.41, 5.74) is 32.7. The summed E-state index contributed by atoms with van der Waals surface area (Å²) in [5, 5.41) is 22.9. The second-order valence-corrected chi connectivity index (χ2v) is 54.5. The summed E-state index contributed by atoms with van der Waals surface area (Å²) in [6, 6.07) is 161. The Morgan fingerprint density at radius 3 is 0.878 bits per heavy atom. The molecule has 12 heterocycles. The molecule has 15 heteroatoms. The minimum Gasteiger partial charge on any atom is -0.456 e. The zero-order chi connectivity index (χ0) is 97.8. The van der Waals surface area contributed by atoms with E-state index in [0.29, 0.717) is 0 Å². The quantitative estimate of drug-likeness (QED) is 0.125. The number of benzene rings is 19. The van der Waals surface area contributed by atoms with Crippen LogP contribution in [0.5, 0.6) is 0 Å². The number of para-hydroxylation sites is 6. The Labute approximate surface area is 854 Å². The summed E-state index contributed by atoms with van der Waals surface area (Å²) in [6.45, 7) is 14.5. The van der Waals surface area contributed by atoms with Crippen LogP contribution < -0.4 is 31.5 Å². The first-order chi connectivity index (χ1) is 72.2. The minimum atomic E-state index is -2.05. The SMILES string of the molecule is C[Si]1(C)c2ccccc2-c2c(-c3ccc(-n4c5ccccc5c5cc6c(cc54)oc4ccccc46)cc3)nc(-c3ccccc3)nc21.C[Si]1(C)c2ccccc2-c2c(-c3ccc(-n4c5ccccc5c5cc6c(cc54)sc4ccccc46)cc3)nc(-c3ccccc3)nc21.C[Si]1(C)c2ccccc2-c2c(-c3ccc(-n4c5ccccc5c5cc6c7ccccc7n(-c7ccccc7)c6cc54)cc3)nc(-c3ccccc3)nc21. The van der Waals surface area contributed by atoms with Gasteiger partial charge in [-0.1, -0.05) is 367 Å². The molecule has 3 aliphatic heterocycles. The Morgan fingerprint density at radius 1 is 0.197 bits per heavy atom. The van der Waals surface area contributed by atoms with Crippen LogP contribution in [-0.4, -0.2) is 72.4 Å². The number of hydrogen-bond acceptors (Lipinski definition) is 8. The largest absolute Gasteiger partial charge is 0.456 e. The molecule has 0 saturated carbocycles. The van der Waals surface area contributed by atoms with Crippen molar-refractivity contribution >= 4 is 196 Å². The van der Waals surface area contributed by atoms with Gasteiger partial charge in [0.15, 0.2) is 17.5 Å². The predicted octanol–water partition coefficient (Wildman–Crippen LogP) is 30.5. The molecule has 0 amide bonds. The van der Waals surface area contributed by atoms with Crippen LogP contribution in [-0.2, 0) is 0 Å². The van der Waals surface area contributed by atoms with E-state index >= 15 is 0 Å². The summed E-state index contributed by atoms with van der Waals surface area (Å²) < 4.78 is 18.6. The van der Waals surface area contributed by atoms with Crippen molar-refractivity contribution in [1.82, 2.24) is 48.2 Å². The Balaban J connectivity index is 0.000000104. The Kier molecular flexibility index (Phi) is 19.4. The van der Waals surface area contributed by atoms with Crippen LogP contribution >= 0.6 is 11.3 Å². The molecule has 31 rings (SSSR count). The highest BCUT2D eigenvalue weighted by molar-refractivity contribution is 7.26. The molecule has 3 aliphatic rings. The Bertz CT molecular complexity index is 9960. The van der Waals surface area contributed by atoms with Crippen LogP contribution in [0.25, 0.3) is 253 Å². The van der Waals surface area contributed by atoms with Gasteiger partial charge >= 0.3 is 0 Å². The van der Waals surface area contributed by atoms with E-state index in [2.05, 4.69) is 476 Å². The van der Waals surface area contributed by atoms with E-state index in [0.717, 1.165) is 118 Å². The standard InChI is InChI=1S/C48H34N4Si.C42H29N3OSi.C42H29N3SSi/c1-53(2)44-24-14-11-21-37(44)45-46(49-47(50-48(45)53)32-15-5-3-6-16-32)31-25-27-34(28-26-31)52-41-23-13-10-20-36(41)39-29-38-35-19-9-12-22-40(35)51(42(38)30-43(39)52)33-17-7-4-8-18-33;2*1-47(2)38-19-11-8-16-31(38)39-40(43-41(44-42(39)47)27-12-4-3-5-13-27)26-20-22-28(23-21-26)45-34-17-9-6-14-29(34)32-24-33-30-15-7-10-18-36(30)46-37(33)25-35(32)45/h3-30H,1-2H3;2*3-25H,1-2H3. The third-order valence-corrected chi connectivity index (χ3v) is 42.3. The summed E-state index contributed by atoms with van der Waals surface area (Å²) in [6.07, 6.45) is 0. The van der Waals surface area contributed by atoms with Crippen molar-refractivity contribution in [3.63, 3.8) is 0 Å². The van der Waals surface area contributed by atoms with E-state index in [1.54, 1.807) is 0 Å². The molecule has 0 N–H and O–H groups in total. The van der Waals surface area contributed by atoms with Crippen LogP contribution in [0.3, 0.4) is 0 Å². The lowest BCUT2D eigenvalue weighted by molar-refractivity contribution is 0.669. The van der Waals surface area contributed by atoms with Crippen molar-refractivity contribution in [1.29, 1.82) is 0 Å². The summed E-state index contributed by atoms with van der Waals surface area (Å²) in [7, 11) is -6.09. The molecule has 9 aromatic heterocycles. The number of furan rings is 1. The van der Waals surface area contributed by atoms with Gasteiger partial charge in [-0.25, -0.2) is 29.9 Å². The normalized spacial score (nSPS) is 13.4. The summed E-state index contributed by atoms with van der Waals surface area (Å²) >= 11 is 1.87. The summed E-state index contributed by atoms with van der Waals surface area (Å²) in [4.78, 5) is 31.8. The second kappa shape index (κ2) is 33.2. The minimum absolute atomic E-state index is 0.786. The average Bonchev–Trinajstić information content (AvgIpc) is 1.57. The van der Waals surface area contributed by atoms with Gasteiger partial charge in [-0.2, -0.15) is 0 Å². The van der Waals surface area contributed by atoms with Crippen molar-refractivity contribution in [3.8, 4) is 124 Å². The van der Waals surface area contributed by atoms with Gasteiger partial charge in [0.2, 0.25) is 0 Å². The average molecular weight is 1950 g/mol. The molecule has 694 valence electrons. The molecule has 28 aromatic rings. The predicted molar refractivity (Wildman–Crippen MR) is 623 cm³/mol. The van der Waals surface area contributed by atoms with E-state index in [1.165, 1.54) is 167 Å². The molecule has 0 atom stereocenters. The van der Waals surface area contributed by atoms with Crippen molar-refractivity contribution in [2.24, 2.45) is 0 Å². The number of aromatic nitrogens is 10. The Morgan fingerprint density at radius 2 is 0.490 bits per heavy atom. The monoisotopic (exact) mass is 1950 g/mol. The molecule has 0 unspecified atom stereocenters. The third-order valence-electron chi connectivity index (χ3n) is 31.2. The van der Waals surface area contributed by atoms with Gasteiger partial charge in [0.25, 0.3) is 0 Å². The molecule has 147 heavy (non-hydrogen) atoms. The number of hydrogen-bond donors (Lipinski definition) is 0. The fourth-order valence-corrected chi connectivity index (χ4v) is 34.1. The van der Waals surface area contributed by atoms with Gasteiger partial charge in [0.05, 0.1) is 61.2 Å². The maximum Gasteiger partial charge on any atom is 0.159 e. The smallest absolute Gasteiger partial charge is 0.159 e. The van der Waals surface area contributed by atoms with Gasteiger partial charge < -0.3 is 22.7 Å². The topological polar surface area (TPSA) is 110 Å². The maximum absolute atomic E-state index is 6.34.